The molecule has 0 bridgehead atoms. The van der Waals surface area contributed by atoms with E-state index >= 15 is 0 Å². The molecule has 0 spiro atoms. The lowest BCUT2D eigenvalue weighted by molar-refractivity contribution is 0.427. The highest BCUT2D eigenvalue weighted by Crippen LogP contribution is 2.30. The molecule has 0 amide bonds. The second kappa shape index (κ2) is 5.65. The SMILES string of the molecule is CC(C)C(C)S(=O)C1CCCCC1C#N. The summed E-state index contributed by atoms with van der Waals surface area (Å²) in [7, 11) is -0.834. The van der Waals surface area contributed by atoms with Crippen LogP contribution in [0.25, 0.3) is 0 Å². The van der Waals surface area contributed by atoms with Gasteiger partial charge in [0.15, 0.2) is 0 Å². The van der Waals surface area contributed by atoms with E-state index in [0.29, 0.717) is 5.92 Å². The first-order valence-corrected chi connectivity index (χ1v) is 7.14. The normalized spacial score (nSPS) is 30.9. The molecule has 86 valence electrons. The predicted octanol–water partition coefficient (Wildman–Crippen LogP) is 2.86. The zero-order valence-corrected chi connectivity index (χ0v) is 10.7. The Morgan fingerprint density at radius 2 is 1.87 bits per heavy atom. The Balaban J connectivity index is 2.68. The van der Waals surface area contributed by atoms with E-state index in [9.17, 15) is 4.21 Å². The summed E-state index contributed by atoms with van der Waals surface area (Å²) in [6, 6.07) is 2.34. The molecule has 0 aliphatic heterocycles. The van der Waals surface area contributed by atoms with Crippen molar-refractivity contribution in [2.75, 3.05) is 0 Å². The van der Waals surface area contributed by atoms with Crippen molar-refractivity contribution in [3.63, 3.8) is 0 Å². The fourth-order valence-electron chi connectivity index (χ4n) is 2.07. The molecule has 0 N–H and O–H groups in total. The van der Waals surface area contributed by atoms with Gasteiger partial charge in [-0.3, -0.25) is 4.21 Å². The summed E-state index contributed by atoms with van der Waals surface area (Å²) in [5.41, 5.74) is 0. The molecule has 1 aliphatic carbocycles. The van der Waals surface area contributed by atoms with Crippen molar-refractivity contribution in [3.8, 4) is 6.07 Å². The Bertz CT molecular complexity index is 269. The standard InChI is InChI=1S/C12H21NOS/c1-9(2)10(3)15(14)12-7-5-4-6-11(12)8-13/h9-12H,4-7H2,1-3H3. The van der Waals surface area contributed by atoms with Gasteiger partial charge >= 0.3 is 0 Å². The number of nitriles is 1. The second-order valence-corrected chi connectivity index (χ2v) is 6.84. The first-order valence-electron chi connectivity index (χ1n) is 5.87. The van der Waals surface area contributed by atoms with Crippen LogP contribution in [0.4, 0.5) is 0 Å². The zero-order chi connectivity index (χ0) is 11.4. The van der Waals surface area contributed by atoms with Gasteiger partial charge in [-0.25, -0.2) is 0 Å². The van der Waals surface area contributed by atoms with Crippen molar-refractivity contribution < 1.29 is 4.21 Å². The molecule has 4 atom stereocenters. The van der Waals surface area contributed by atoms with Gasteiger partial charge in [-0.15, -0.1) is 0 Å². The van der Waals surface area contributed by atoms with Gasteiger partial charge in [0.1, 0.15) is 0 Å². The number of hydrogen-bond acceptors (Lipinski definition) is 2. The Morgan fingerprint density at radius 3 is 2.40 bits per heavy atom. The van der Waals surface area contributed by atoms with Crippen LogP contribution in [0.5, 0.6) is 0 Å². The molecule has 0 radical (unpaired) electrons. The van der Waals surface area contributed by atoms with Gasteiger partial charge in [0.2, 0.25) is 0 Å². The van der Waals surface area contributed by atoms with Gasteiger partial charge < -0.3 is 0 Å². The summed E-state index contributed by atoms with van der Waals surface area (Å²) in [5.74, 6) is 0.466. The summed E-state index contributed by atoms with van der Waals surface area (Å²) in [4.78, 5) is 0. The van der Waals surface area contributed by atoms with Crippen molar-refractivity contribution in [2.24, 2.45) is 11.8 Å². The lowest BCUT2D eigenvalue weighted by atomic mass is 9.90. The topological polar surface area (TPSA) is 40.9 Å². The van der Waals surface area contributed by atoms with Crippen LogP contribution in [0.15, 0.2) is 0 Å². The highest BCUT2D eigenvalue weighted by atomic mass is 32.2. The minimum absolute atomic E-state index is 0.0285. The maximum Gasteiger partial charge on any atom is 0.0668 e. The summed E-state index contributed by atoms with van der Waals surface area (Å²) in [5, 5.41) is 9.38. The molecule has 1 fully saturated rings. The summed E-state index contributed by atoms with van der Waals surface area (Å²) in [6.45, 7) is 6.25. The molecule has 2 nitrogen and oxygen atoms in total. The molecule has 15 heavy (non-hydrogen) atoms. The fraction of sp³-hybridized carbons (Fsp3) is 0.917. The van der Waals surface area contributed by atoms with Gasteiger partial charge in [-0.05, 0) is 18.8 Å². The molecule has 1 saturated carbocycles. The smallest absolute Gasteiger partial charge is 0.0668 e. The van der Waals surface area contributed by atoms with Crippen molar-refractivity contribution in [1.29, 1.82) is 5.26 Å². The van der Waals surface area contributed by atoms with Crippen LogP contribution in [-0.4, -0.2) is 14.7 Å². The van der Waals surface area contributed by atoms with Gasteiger partial charge in [-0.2, -0.15) is 5.26 Å². The second-order valence-electron chi connectivity index (χ2n) is 4.84. The summed E-state index contributed by atoms with van der Waals surface area (Å²) in [6.07, 6.45) is 4.18. The van der Waals surface area contributed by atoms with Crippen LogP contribution in [-0.2, 0) is 10.8 Å². The van der Waals surface area contributed by atoms with E-state index in [1.165, 1.54) is 0 Å². The van der Waals surface area contributed by atoms with Gasteiger partial charge in [0.05, 0.1) is 17.2 Å². The molecular formula is C12H21NOS. The molecule has 0 aromatic rings. The third kappa shape index (κ3) is 3.04. The van der Waals surface area contributed by atoms with E-state index in [1.54, 1.807) is 0 Å². The number of rotatable bonds is 3. The van der Waals surface area contributed by atoms with Crippen molar-refractivity contribution in [2.45, 2.75) is 57.0 Å². The summed E-state index contributed by atoms with van der Waals surface area (Å²) >= 11 is 0. The fourth-order valence-corrected chi connectivity index (χ4v) is 4.07. The molecule has 1 aliphatic rings. The largest absolute Gasteiger partial charge is 0.259 e. The number of nitrogens with zero attached hydrogens (tertiary/aromatic N) is 1. The van der Waals surface area contributed by atoms with Crippen LogP contribution in [0.1, 0.15) is 46.5 Å². The van der Waals surface area contributed by atoms with Crippen molar-refractivity contribution >= 4 is 10.8 Å². The van der Waals surface area contributed by atoms with Crippen LogP contribution >= 0.6 is 0 Å². The molecular weight excluding hydrogens is 206 g/mol. The molecule has 0 heterocycles. The Kier molecular flexibility index (Phi) is 4.79. The zero-order valence-electron chi connectivity index (χ0n) is 9.90. The molecule has 0 saturated heterocycles. The lowest BCUT2D eigenvalue weighted by Gasteiger charge is -2.29. The van der Waals surface area contributed by atoms with Gasteiger partial charge in [0.25, 0.3) is 0 Å². The third-order valence-corrected chi connectivity index (χ3v) is 5.91. The average Bonchev–Trinajstić information content (AvgIpc) is 2.26. The highest BCUT2D eigenvalue weighted by Gasteiger charge is 2.32. The Labute approximate surface area is 95.5 Å². The minimum Gasteiger partial charge on any atom is -0.259 e. The third-order valence-electron chi connectivity index (χ3n) is 3.47. The van der Waals surface area contributed by atoms with Crippen molar-refractivity contribution in [3.05, 3.63) is 0 Å². The van der Waals surface area contributed by atoms with Gasteiger partial charge in [-0.1, -0.05) is 33.6 Å². The van der Waals surface area contributed by atoms with Crippen LogP contribution < -0.4 is 0 Å². The minimum atomic E-state index is -0.834. The molecule has 0 aromatic carbocycles. The van der Waals surface area contributed by atoms with E-state index in [1.807, 2.05) is 6.92 Å². The van der Waals surface area contributed by atoms with Gasteiger partial charge in [0, 0.05) is 16.0 Å². The van der Waals surface area contributed by atoms with E-state index in [0.717, 1.165) is 25.7 Å². The monoisotopic (exact) mass is 227 g/mol. The van der Waals surface area contributed by atoms with Crippen LogP contribution in [0.3, 0.4) is 0 Å². The maximum atomic E-state index is 12.3. The van der Waals surface area contributed by atoms with E-state index in [4.69, 9.17) is 5.26 Å². The molecule has 3 heteroatoms. The summed E-state index contributed by atoms with van der Waals surface area (Å²) < 4.78 is 12.3. The molecule has 0 aromatic heterocycles. The van der Waals surface area contributed by atoms with E-state index in [2.05, 4.69) is 19.9 Å². The lowest BCUT2D eigenvalue weighted by Crippen LogP contribution is -2.34. The highest BCUT2D eigenvalue weighted by molar-refractivity contribution is 7.86. The molecule has 4 unspecified atom stereocenters. The quantitative estimate of drug-likeness (QED) is 0.744. The van der Waals surface area contributed by atoms with E-state index in [-0.39, 0.29) is 16.4 Å². The first-order chi connectivity index (χ1) is 7.07. The van der Waals surface area contributed by atoms with Crippen LogP contribution in [0.2, 0.25) is 0 Å². The Morgan fingerprint density at radius 1 is 1.27 bits per heavy atom. The average molecular weight is 227 g/mol. The first kappa shape index (κ1) is 12.7. The Hall–Kier alpha value is -0.360. The maximum absolute atomic E-state index is 12.3. The molecule has 1 rings (SSSR count). The predicted molar refractivity (Wildman–Crippen MR) is 63.8 cm³/mol. The van der Waals surface area contributed by atoms with Crippen molar-refractivity contribution in [1.82, 2.24) is 0 Å². The van der Waals surface area contributed by atoms with Crippen LogP contribution in [0, 0.1) is 23.2 Å². The van der Waals surface area contributed by atoms with E-state index < -0.39 is 10.8 Å². The number of hydrogen-bond donors (Lipinski definition) is 0.